The fourth-order valence-electron chi connectivity index (χ4n) is 6.62. The Balaban J connectivity index is 1.02. The molecule has 0 aliphatic rings. The van der Waals surface area contributed by atoms with Gasteiger partial charge in [-0.3, -0.25) is 13.7 Å². The minimum absolute atomic E-state index is 0.0848. The van der Waals surface area contributed by atoms with E-state index in [1.807, 2.05) is 60.7 Å². The highest BCUT2D eigenvalue weighted by Gasteiger charge is 2.17. The molecule has 1 heterocycles. The fraction of sp³-hybridized carbons (Fsp3) is 0. The molecule has 0 spiro atoms. The lowest BCUT2D eigenvalue weighted by Crippen LogP contribution is -2.08. The number of para-hydroxylation sites is 2. The van der Waals surface area contributed by atoms with Gasteiger partial charge < -0.3 is 31.9 Å². The van der Waals surface area contributed by atoms with Gasteiger partial charge in [0.15, 0.2) is 0 Å². The van der Waals surface area contributed by atoms with Gasteiger partial charge in [0.2, 0.25) is 17.8 Å². The molecule has 8 rings (SSSR count). The Hall–Kier alpha value is -8.18. The van der Waals surface area contributed by atoms with Crippen molar-refractivity contribution in [2.45, 2.75) is 14.7 Å². The van der Waals surface area contributed by atoms with Gasteiger partial charge in [0.05, 0.1) is 9.79 Å². The first-order valence-electron chi connectivity index (χ1n) is 20.2. The maximum Gasteiger partial charge on any atom is 0.295 e. The maximum absolute atomic E-state index is 12.7. The number of benzene rings is 7. The van der Waals surface area contributed by atoms with E-state index >= 15 is 0 Å². The maximum atomic E-state index is 12.7. The largest absolute Gasteiger partial charge is 0.355 e. The smallest absolute Gasteiger partial charge is 0.295 e. The zero-order valence-corrected chi connectivity index (χ0v) is 37.6. The summed E-state index contributed by atoms with van der Waals surface area (Å²) < 4.78 is 102. The van der Waals surface area contributed by atoms with Gasteiger partial charge in [-0.2, -0.15) is 40.2 Å². The minimum atomic E-state index is -4.72. The summed E-state index contributed by atoms with van der Waals surface area (Å²) in [6, 6.07) is 46.3. The van der Waals surface area contributed by atoms with E-state index in [1.54, 1.807) is 72.8 Å². The summed E-state index contributed by atoms with van der Waals surface area (Å²) in [5.74, 6) is 0.501. The number of hydrogen-bond donors (Lipinski definition) is 9. The van der Waals surface area contributed by atoms with Gasteiger partial charge in [-0.05, 0) is 114 Å². The van der Waals surface area contributed by atoms with Gasteiger partial charge in [0, 0.05) is 51.2 Å². The topological polar surface area (TPSA) is 274 Å². The third-order valence-corrected chi connectivity index (χ3v) is 12.3. The number of nitrogens with one attached hydrogen (secondary N) is 6. The first kappa shape index (κ1) is 46.4. The third kappa shape index (κ3) is 12.6. The van der Waals surface area contributed by atoms with Crippen LogP contribution in [0.2, 0.25) is 0 Å². The molecule has 0 unspecified atom stereocenters. The Labute approximate surface area is 391 Å². The molecule has 0 saturated heterocycles. The van der Waals surface area contributed by atoms with E-state index in [4.69, 9.17) is 0 Å². The number of rotatable bonds is 17. The zero-order chi connectivity index (χ0) is 47.9. The average Bonchev–Trinajstić information content (AvgIpc) is 3.29. The molecule has 8 aromatic rings. The lowest BCUT2D eigenvalue weighted by molar-refractivity contribution is 0.481. The van der Waals surface area contributed by atoms with Gasteiger partial charge in [0.1, 0.15) is 4.90 Å². The summed E-state index contributed by atoms with van der Waals surface area (Å²) in [7, 11) is -13.7. The van der Waals surface area contributed by atoms with Crippen LogP contribution in [-0.2, 0) is 30.4 Å². The van der Waals surface area contributed by atoms with Crippen molar-refractivity contribution < 1.29 is 38.9 Å². The first-order valence-corrected chi connectivity index (χ1v) is 24.5. The second-order valence-electron chi connectivity index (χ2n) is 14.8. The lowest BCUT2D eigenvalue weighted by Gasteiger charge is -2.15. The molecule has 0 saturated carbocycles. The van der Waals surface area contributed by atoms with E-state index in [9.17, 15) is 38.9 Å². The summed E-state index contributed by atoms with van der Waals surface area (Å²) in [6.07, 6.45) is 3.22. The quantitative estimate of drug-likeness (QED) is 0.0303. The molecular weight excluding hydrogens is 931 g/mol. The molecule has 0 aliphatic heterocycles. The number of aromatic nitrogens is 3. The highest BCUT2D eigenvalue weighted by Crippen LogP contribution is 2.32. The first-order chi connectivity index (χ1) is 32.5. The molecule has 0 bridgehead atoms. The predicted molar refractivity (Wildman–Crippen MR) is 263 cm³/mol. The Morgan fingerprint density at radius 3 is 1.16 bits per heavy atom. The second-order valence-corrected chi connectivity index (χ2v) is 19.0. The molecule has 7 aromatic carbocycles. The van der Waals surface area contributed by atoms with E-state index in [0.29, 0.717) is 39.7 Å². The van der Waals surface area contributed by atoms with Gasteiger partial charge >= 0.3 is 0 Å². The van der Waals surface area contributed by atoms with E-state index < -0.39 is 30.4 Å². The van der Waals surface area contributed by atoms with Gasteiger partial charge in [-0.25, -0.2) is 0 Å². The van der Waals surface area contributed by atoms with Crippen LogP contribution in [0.1, 0.15) is 11.1 Å². The Bertz CT molecular complexity index is 3340. The summed E-state index contributed by atoms with van der Waals surface area (Å²) >= 11 is 0. The van der Waals surface area contributed by atoms with Crippen molar-refractivity contribution >= 4 is 112 Å². The van der Waals surface area contributed by atoms with Gasteiger partial charge in [-0.15, -0.1) is 0 Å². The van der Waals surface area contributed by atoms with Crippen molar-refractivity contribution in [3.05, 3.63) is 181 Å². The van der Waals surface area contributed by atoms with Crippen LogP contribution < -0.4 is 31.9 Å². The Morgan fingerprint density at radius 2 is 0.721 bits per heavy atom. The van der Waals surface area contributed by atoms with Crippen molar-refractivity contribution in [1.82, 2.24) is 15.0 Å². The van der Waals surface area contributed by atoms with Crippen LogP contribution in [0.25, 0.3) is 12.2 Å². The molecule has 0 aliphatic carbocycles. The van der Waals surface area contributed by atoms with Crippen LogP contribution in [0.15, 0.2) is 185 Å². The van der Waals surface area contributed by atoms with Crippen molar-refractivity contribution in [1.29, 1.82) is 0 Å². The summed E-state index contributed by atoms with van der Waals surface area (Å²) in [4.78, 5) is 12.4. The molecule has 0 radical (unpaired) electrons. The molecule has 0 fully saturated rings. The molecular formula is C47H39N9O9S3. The molecule has 0 atom stereocenters. The standard InChI is InChI=1S/C47H39N9O9S3/c57-66(58,59)42-15-7-13-36(28-42)49-40-25-39(26-41(27-40)50-37-14-8-16-43(29-37)67(60,61)62)48-35-22-18-31(19-23-35)17-20-32-21-24-38(30-44(32)68(63,64)65)53-47-55-45(51-33-9-3-1-4-10-33)54-46(56-47)52-34-11-5-2-6-12-34/h1-30,48-50H,(H,57,58,59)(H,60,61,62)(H,63,64,65)(H3,51,52,53,54,55,56). The summed E-state index contributed by atoms with van der Waals surface area (Å²) in [5.41, 5.74) is 5.38. The van der Waals surface area contributed by atoms with Crippen LogP contribution >= 0.6 is 0 Å². The molecule has 68 heavy (non-hydrogen) atoms. The number of hydrogen-bond acceptors (Lipinski definition) is 15. The summed E-state index contributed by atoms with van der Waals surface area (Å²) in [5, 5.41) is 18.8. The molecule has 0 amide bonds. The van der Waals surface area contributed by atoms with Gasteiger partial charge in [0.25, 0.3) is 30.4 Å². The number of nitrogens with zero attached hydrogens (tertiary/aromatic N) is 3. The van der Waals surface area contributed by atoms with Crippen molar-refractivity contribution in [2.75, 3.05) is 31.9 Å². The van der Waals surface area contributed by atoms with Crippen LogP contribution in [0.5, 0.6) is 0 Å². The molecule has 18 nitrogen and oxygen atoms in total. The average molecular weight is 970 g/mol. The van der Waals surface area contributed by atoms with Crippen LogP contribution in [0.3, 0.4) is 0 Å². The monoisotopic (exact) mass is 969 g/mol. The highest BCUT2D eigenvalue weighted by molar-refractivity contribution is 7.86. The van der Waals surface area contributed by atoms with Crippen molar-refractivity contribution in [2.24, 2.45) is 0 Å². The van der Waals surface area contributed by atoms with Crippen molar-refractivity contribution in [3.8, 4) is 0 Å². The highest BCUT2D eigenvalue weighted by atomic mass is 32.2. The zero-order valence-electron chi connectivity index (χ0n) is 35.2. The summed E-state index contributed by atoms with van der Waals surface area (Å²) in [6.45, 7) is 0. The Kier molecular flexibility index (Phi) is 13.5. The molecule has 1 aromatic heterocycles. The fourth-order valence-corrected chi connectivity index (χ4v) is 8.39. The van der Waals surface area contributed by atoms with E-state index in [2.05, 4.69) is 46.9 Å². The van der Waals surface area contributed by atoms with Crippen LogP contribution in [0.4, 0.5) is 69.0 Å². The van der Waals surface area contributed by atoms with Gasteiger partial charge in [-0.1, -0.05) is 78.9 Å². The van der Waals surface area contributed by atoms with E-state index in [0.717, 1.165) is 11.4 Å². The SMILES string of the molecule is O=S(=O)(O)c1cccc(Nc2cc(Nc3ccc(C=Cc4ccc(Nc5nc(Nc6ccccc6)nc(Nc6ccccc6)n5)cc4S(=O)(=O)O)cc3)cc(Nc3cccc(S(=O)(=O)O)c3)c2)c1. The predicted octanol–water partition coefficient (Wildman–Crippen LogP) is 10.2. The Morgan fingerprint density at radius 1 is 0.338 bits per heavy atom. The lowest BCUT2D eigenvalue weighted by atomic mass is 10.1. The molecule has 344 valence electrons. The van der Waals surface area contributed by atoms with E-state index in [-0.39, 0.29) is 43.8 Å². The molecule has 21 heteroatoms. The van der Waals surface area contributed by atoms with Crippen LogP contribution in [0, 0.1) is 0 Å². The van der Waals surface area contributed by atoms with E-state index in [1.165, 1.54) is 48.5 Å². The number of anilines is 12. The molecule has 9 N–H and O–H groups in total. The normalized spacial score (nSPS) is 11.8. The van der Waals surface area contributed by atoms with Crippen molar-refractivity contribution in [3.63, 3.8) is 0 Å². The second kappa shape index (κ2) is 19.7. The third-order valence-electron chi connectivity index (χ3n) is 9.67. The van der Waals surface area contributed by atoms with Crippen LogP contribution in [-0.4, -0.2) is 53.9 Å². The minimum Gasteiger partial charge on any atom is -0.355 e.